The predicted molar refractivity (Wildman–Crippen MR) is 114 cm³/mol. The predicted octanol–water partition coefficient (Wildman–Crippen LogP) is 5.43. The van der Waals surface area contributed by atoms with E-state index < -0.39 is 11.2 Å². The van der Waals surface area contributed by atoms with Crippen LogP contribution in [0.25, 0.3) is 16.8 Å². The lowest BCUT2D eigenvalue weighted by atomic mass is 9.62. The van der Waals surface area contributed by atoms with E-state index >= 15 is 0 Å². The third-order valence-corrected chi connectivity index (χ3v) is 6.49. The van der Waals surface area contributed by atoms with Crippen LogP contribution in [0.2, 0.25) is 0 Å². The quantitative estimate of drug-likeness (QED) is 0.583. The van der Waals surface area contributed by atoms with Crippen molar-refractivity contribution in [1.29, 1.82) is 0 Å². The molecule has 0 aliphatic heterocycles. The van der Waals surface area contributed by atoms with E-state index in [4.69, 9.17) is 4.65 Å². The van der Waals surface area contributed by atoms with Crippen LogP contribution in [-0.4, -0.2) is 23.8 Å². The number of hydrogen-bond acceptors (Lipinski definition) is 2. The average Bonchev–Trinajstić information content (AvgIpc) is 2.65. The van der Waals surface area contributed by atoms with Crippen molar-refractivity contribution in [1.82, 2.24) is 0 Å². The summed E-state index contributed by atoms with van der Waals surface area (Å²) >= 11 is 0. The van der Waals surface area contributed by atoms with Gasteiger partial charge in [-0.25, -0.2) is 0 Å². The van der Waals surface area contributed by atoms with Crippen molar-refractivity contribution in [3.63, 3.8) is 0 Å². The minimum Gasteiger partial charge on any atom is -0.427 e. The van der Waals surface area contributed by atoms with Crippen LogP contribution in [0, 0.1) is 5.92 Å². The van der Waals surface area contributed by atoms with Gasteiger partial charge in [-0.2, -0.15) is 0 Å². The SMILES string of the molecule is CC(C)(O)C(C)(C)O[B]C1=Cc2c(ccc3ccccc23)C2C=CCCC12. The lowest BCUT2D eigenvalue weighted by Crippen LogP contribution is -2.48. The van der Waals surface area contributed by atoms with Crippen molar-refractivity contribution in [3.8, 4) is 0 Å². The second-order valence-corrected chi connectivity index (χ2v) is 8.88. The maximum Gasteiger partial charge on any atom is 0.326 e. The topological polar surface area (TPSA) is 29.5 Å². The van der Waals surface area contributed by atoms with E-state index in [1.165, 1.54) is 27.4 Å². The van der Waals surface area contributed by atoms with Crippen molar-refractivity contribution in [3.05, 3.63) is 65.1 Å². The molecule has 2 aromatic carbocycles. The summed E-state index contributed by atoms with van der Waals surface area (Å²) in [5.74, 6) is 0.824. The van der Waals surface area contributed by atoms with Gasteiger partial charge in [-0.1, -0.05) is 60.1 Å². The fourth-order valence-corrected chi connectivity index (χ4v) is 4.05. The van der Waals surface area contributed by atoms with Crippen molar-refractivity contribution >= 4 is 24.3 Å². The molecule has 0 amide bonds. The Hall–Kier alpha value is -1.84. The van der Waals surface area contributed by atoms with Crippen LogP contribution in [0.5, 0.6) is 0 Å². The van der Waals surface area contributed by atoms with Gasteiger partial charge < -0.3 is 9.76 Å². The summed E-state index contributed by atoms with van der Waals surface area (Å²) in [7, 11) is 1.90. The summed E-state index contributed by atoms with van der Waals surface area (Å²) in [6.45, 7) is 7.47. The van der Waals surface area contributed by atoms with Crippen LogP contribution in [0.3, 0.4) is 0 Å². The zero-order chi connectivity index (χ0) is 19.2. The van der Waals surface area contributed by atoms with E-state index in [2.05, 4.69) is 54.6 Å². The first-order valence-electron chi connectivity index (χ1n) is 9.91. The lowest BCUT2D eigenvalue weighted by Gasteiger charge is -2.40. The molecule has 2 aliphatic carbocycles. The molecule has 2 aliphatic rings. The zero-order valence-electron chi connectivity index (χ0n) is 16.7. The van der Waals surface area contributed by atoms with E-state index in [1.54, 1.807) is 13.8 Å². The van der Waals surface area contributed by atoms with Gasteiger partial charge in [-0.3, -0.25) is 0 Å². The molecule has 0 saturated carbocycles. The molecule has 1 radical (unpaired) electrons. The first kappa shape index (κ1) is 18.5. The molecule has 0 aromatic heterocycles. The maximum absolute atomic E-state index is 10.4. The van der Waals surface area contributed by atoms with Gasteiger partial charge in [0.25, 0.3) is 0 Å². The van der Waals surface area contributed by atoms with E-state index in [-0.39, 0.29) is 0 Å². The van der Waals surface area contributed by atoms with Crippen molar-refractivity contribution in [2.75, 3.05) is 0 Å². The summed E-state index contributed by atoms with van der Waals surface area (Å²) in [6, 6.07) is 13.1. The summed E-state index contributed by atoms with van der Waals surface area (Å²) < 4.78 is 6.14. The molecular weight excluding hydrogens is 331 g/mol. The minimum absolute atomic E-state index is 0.392. The monoisotopic (exact) mass is 359 g/mol. The lowest BCUT2D eigenvalue weighted by molar-refractivity contribution is -0.0898. The van der Waals surface area contributed by atoms with Gasteiger partial charge in [-0.15, -0.1) is 0 Å². The second-order valence-electron chi connectivity index (χ2n) is 8.88. The molecule has 2 aromatic rings. The fraction of sp³-hybridized carbons (Fsp3) is 0.417. The molecule has 2 nitrogen and oxygen atoms in total. The smallest absolute Gasteiger partial charge is 0.326 e. The summed E-state index contributed by atoms with van der Waals surface area (Å²) in [5, 5.41) is 13.0. The molecule has 3 heteroatoms. The van der Waals surface area contributed by atoms with Gasteiger partial charge in [0, 0.05) is 5.92 Å². The summed E-state index contributed by atoms with van der Waals surface area (Å²) in [4.78, 5) is 0. The van der Waals surface area contributed by atoms with E-state index in [1.807, 2.05) is 21.3 Å². The Kier molecular flexibility index (Phi) is 4.56. The Labute approximate surface area is 163 Å². The van der Waals surface area contributed by atoms with E-state index in [9.17, 15) is 5.11 Å². The first-order chi connectivity index (χ1) is 12.8. The third-order valence-electron chi connectivity index (χ3n) is 6.49. The van der Waals surface area contributed by atoms with Gasteiger partial charge in [-0.05, 0) is 68.4 Å². The van der Waals surface area contributed by atoms with Crippen molar-refractivity contribution < 1.29 is 9.76 Å². The highest BCUT2D eigenvalue weighted by Gasteiger charge is 2.38. The highest BCUT2D eigenvalue weighted by atomic mass is 16.5. The molecule has 2 atom stereocenters. The van der Waals surface area contributed by atoms with Gasteiger partial charge in [0.1, 0.15) is 0 Å². The molecule has 4 rings (SSSR count). The van der Waals surface area contributed by atoms with Crippen LogP contribution in [-0.2, 0) is 4.65 Å². The Bertz CT molecular complexity index is 918. The third kappa shape index (κ3) is 3.28. The number of fused-ring (bicyclic) bond motifs is 5. The molecule has 0 saturated heterocycles. The number of aliphatic hydroxyl groups is 1. The Balaban J connectivity index is 1.76. The van der Waals surface area contributed by atoms with Gasteiger partial charge in [0.15, 0.2) is 0 Å². The number of rotatable bonds is 4. The van der Waals surface area contributed by atoms with Gasteiger partial charge >= 0.3 is 7.48 Å². The fourth-order valence-electron chi connectivity index (χ4n) is 4.05. The molecule has 0 heterocycles. The largest absolute Gasteiger partial charge is 0.427 e. The maximum atomic E-state index is 10.4. The molecule has 0 spiro atoms. The van der Waals surface area contributed by atoms with Gasteiger partial charge in [0.2, 0.25) is 0 Å². The van der Waals surface area contributed by atoms with Crippen LogP contribution in [0.1, 0.15) is 57.6 Å². The Morgan fingerprint density at radius 3 is 2.63 bits per heavy atom. The molecule has 1 N–H and O–H groups in total. The molecule has 0 bridgehead atoms. The van der Waals surface area contributed by atoms with E-state index in [0.717, 1.165) is 12.8 Å². The number of benzene rings is 2. The highest BCUT2D eigenvalue weighted by Crippen LogP contribution is 2.46. The van der Waals surface area contributed by atoms with Crippen LogP contribution in [0.15, 0.2) is 54.0 Å². The summed E-state index contributed by atoms with van der Waals surface area (Å²) in [6.07, 6.45) is 9.21. The number of allylic oxidation sites excluding steroid dienone is 3. The Morgan fingerprint density at radius 1 is 1.07 bits per heavy atom. The van der Waals surface area contributed by atoms with Gasteiger partial charge in [0.05, 0.1) is 11.2 Å². The zero-order valence-corrected chi connectivity index (χ0v) is 16.7. The number of hydrogen-bond donors (Lipinski definition) is 1. The van der Waals surface area contributed by atoms with Crippen LogP contribution < -0.4 is 0 Å². The minimum atomic E-state index is -0.921. The molecule has 139 valence electrons. The second kappa shape index (κ2) is 6.65. The van der Waals surface area contributed by atoms with E-state index in [0.29, 0.717) is 11.8 Å². The first-order valence-corrected chi connectivity index (χ1v) is 9.91. The molecular formula is C24H28BO2. The highest BCUT2D eigenvalue weighted by molar-refractivity contribution is 6.40. The molecule has 2 unspecified atom stereocenters. The average molecular weight is 359 g/mol. The van der Waals surface area contributed by atoms with Crippen LogP contribution >= 0.6 is 0 Å². The van der Waals surface area contributed by atoms with Crippen molar-refractivity contribution in [2.45, 2.75) is 57.7 Å². The normalized spacial score (nSPS) is 22.2. The van der Waals surface area contributed by atoms with Crippen molar-refractivity contribution in [2.24, 2.45) is 5.92 Å². The Morgan fingerprint density at radius 2 is 1.85 bits per heavy atom. The molecule has 27 heavy (non-hydrogen) atoms. The standard InChI is InChI=1S/C24H28BO2/c1-23(2,26)24(3,4)27-25-22-15-21-17-10-6-5-9-16(17)13-14-19(21)18-11-7-8-12-20(18)22/h5-7,9-11,13-15,18,20,26H,8,12H2,1-4H3. The molecule has 0 fully saturated rings. The van der Waals surface area contributed by atoms with Crippen LogP contribution in [0.4, 0.5) is 0 Å². The summed E-state index contributed by atoms with van der Waals surface area (Å²) in [5.41, 5.74) is 2.36.